The molecule has 0 aromatic heterocycles. The summed E-state index contributed by atoms with van der Waals surface area (Å²) in [6.45, 7) is 0. The Morgan fingerprint density at radius 2 is 1.81 bits per heavy atom. The molecule has 2 amide bonds. The number of rotatable bonds is 5. The highest BCUT2D eigenvalue weighted by Gasteiger charge is 2.33. The van der Waals surface area contributed by atoms with Crippen LogP contribution in [0.2, 0.25) is 0 Å². The highest BCUT2D eigenvalue weighted by Crippen LogP contribution is 2.39. The summed E-state index contributed by atoms with van der Waals surface area (Å²) >= 11 is 0. The summed E-state index contributed by atoms with van der Waals surface area (Å²) in [5.74, 6) is 1.13. The molecule has 0 saturated heterocycles. The van der Waals surface area contributed by atoms with Crippen LogP contribution in [-0.4, -0.2) is 38.9 Å². The van der Waals surface area contributed by atoms with Crippen LogP contribution in [-0.2, 0) is 9.59 Å². The number of amides is 2. The Balaban J connectivity index is 1.53. The Hall–Kier alpha value is -3.61. The van der Waals surface area contributed by atoms with Crippen molar-refractivity contribution in [2.24, 2.45) is 10.9 Å². The van der Waals surface area contributed by atoms with E-state index in [1.165, 1.54) is 33.0 Å². The van der Waals surface area contributed by atoms with E-state index in [4.69, 9.17) is 14.2 Å². The maximum absolute atomic E-state index is 12.4. The molecule has 0 saturated carbocycles. The smallest absolute Gasteiger partial charge is 0.270 e. The number of allylic oxidation sites excluding steroid dienone is 3. The van der Waals surface area contributed by atoms with Crippen molar-refractivity contribution in [3.63, 3.8) is 0 Å². The normalized spacial score (nSPS) is 21.1. The van der Waals surface area contributed by atoms with E-state index in [-0.39, 0.29) is 11.8 Å². The molecule has 2 aliphatic carbocycles. The number of carbonyl (C=O) groups is 2. The van der Waals surface area contributed by atoms with E-state index in [2.05, 4.69) is 10.3 Å². The number of methoxy groups -OCH3 is 3. The van der Waals surface area contributed by atoms with Crippen LogP contribution in [0, 0.1) is 5.92 Å². The molecule has 1 atom stereocenters. The fourth-order valence-corrected chi connectivity index (χ4v) is 4.35. The van der Waals surface area contributed by atoms with Gasteiger partial charge in [0.25, 0.3) is 11.8 Å². The zero-order valence-electron chi connectivity index (χ0n) is 18.4. The molecule has 1 aromatic rings. The Kier molecular flexibility index (Phi) is 6.25. The number of ether oxygens (including phenoxy) is 3. The van der Waals surface area contributed by atoms with Crippen molar-refractivity contribution in [2.75, 3.05) is 21.3 Å². The van der Waals surface area contributed by atoms with Crippen molar-refractivity contribution in [2.45, 2.75) is 25.7 Å². The Labute approximate surface area is 187 Å². The zero-order valence-corrected chi connectivity index (χ0v) is 18.4. The molecular weight excluding hydrogens is 408 g/mol. The molecule has 0 radical (unpaired) electrons. The van der Waals surface area contributed by atoms with Crippen molar-refractivity contribution >= 4 is 23.6 Å². The van der Waals surface area contributed by atoms with Crippen molar-refractivity contribution in [1.82, 2.24) is 5.32 Å². The van der Waals surface area contributed by atoms with Crippen LogP contribution in [0.1, 0.15) is 31.2 Å². The molecule has 0 spiro atoms. The molecule has 1 unspecified atom stereocenters. The fourth-order valence-electron chi connectivity index (χ4n) is 4.35. The van der Waals surface area contributed by atoms with Gasteiger partial charge < -0.3 is 19.5 Å². The molecule has 4 rings (SSSR count). The molecule has 1 N–H and O–H groups in total. The molecule has 7 nitrogen and oxygen atoms in total. The van der Waals surface area contributed by atoms with Crippen molar-refractivity contribution in [1.29, 1.82) is 0 Å². The summed E-state index contributed by atoms with van der Waals surface area (Å²) in [5.41, 5.74) is 4.14. The minimum absolute atomic E-state index is 0.0227. The zero-order chi connectivity index (χ0) is 22.7. The lowest BCUT2D eigenvalue weighted by Crippen LogP contribution is -2.37. The second kappa shape index (κ2) is 9.26. The molecule has 0 bridgehead atoms. The minimum Gasteiger partial charge on any atom is -0.493 e. The topological polar surface area (TPSA) is 86.2 Å². The third kappa shape index (κ3) is 4.23. The average molecular weight is 434 g/mol. The Morgan fingerprint density at radius 3 is 2.50 bits per heavy atom. The summed E-state index contributed by atoms with van der Waals surface area (Å²) in [6.07, 6.45) is 12.6. The monoisotopic (exact) mass is 434 g/mol. The van der Waals surface area contributed by atoms with Crippen LogP contribution in [0.4, 0.5) is 0 Å². The van der Waals surface area contributed by atoms with Gasteiger partial charge in [0.1, 0.15) is 0 Å². The van der Waals surface area contributed by atoms with E-state index < -0.39 is 5.91 Å². The van der Waals surface area contributed by atoms with Gasteiger partial charge in [0.15, 0.2) is 11.5 Å². The first-order valence-electron chi connectivity index (χ1n) is 10.6. The van der Waals surface area contributed by atoms with Crippen LogP contribution in [0.5, 0.6) is 17.2 Å². The third-order valence-corrected chi connectivity index (χ3v) is 5.86. The van der Waals surface area contributed by atoms with E-state index in [1.54, 1.807) is 24.3 Å². The van der Waals surface area contributed by atoms with Gasteiger partial charge in [-0.1, -0.05) is 6.08 Å². The lowest BCUT2D eigenvalue weighted by molar-refractivity contribution is -0.117. The SMILES string of the molecule is COc1cc(/C=C/C(=O)N=C2C=CC3C(=C2)NC(=O)C2=C3CCCC2)cc(OC)c1OC. The van der Waals surface area contributed by atoms with Gasteiger partial charge in [0.05, 0.1) is 27.0 Å². The summed E-state index contributed by atoms with van der Waals surface area (Å²) in [7, 11) is 4.61. The second-order valence-electron chi connectivity index (χ2n) is 7.77. The van der Waals surface area contributed by atoms with Crippen LogP contribution in [0.3, 0.4) is 0 Å². The highest BCUT2D eigenvalue weighted by molar-refractivity contribution is 6.13. The predicted molar refractivity (Wildman–Crippen MR) is 122 cm³/mol. The van der Waals surface area contributed by atoms with E-state index in [9.17, 15) is 9.59 Å². The van der Waals surface area contributed by atoms with Gasteiger partial charge in [0.2, 0.25) is 5.75 Å². The first kappa shape index (κ1) is 21.6. The first-order valence-corrected chi connectivity index (χ1v) is 10.6. The molecule has 0 fully saturated rings. The maximum atomic E-state index is 12.4. The minimum atomic E-state index is -0.409. The second-order valence-corrected chi connectivity index (χ2v) is 7.77. The van der Waals surface area contributed by atoms with Crippen LogP contribution in [0.25, 0.3) is 6.08 Å². The molecule has 7 heteroatoms. The van der Waals surface area contributed by atoms with Gasteiger partial charge in [-0.3, -0.25) is 9.59 Å². The lowest BCUT2D eigenvalue weighted by atomic mass is 9.77. The summed E-state index contributed by atoms with van der Waals surface area (Å²) in [4.78, 5) is 29.1. The maximum Gasteiger partial charge on any atom is 0.270 e. The summed E-state index contributed by atoms with van der Waals surface area (Å²) in [5, 5.41) is 2.98. The number of hydrogen-bond acceptors (Lipinski definition) is 5. The molecule has 1 aromatic carbocycles. The summed E-state index contributed by atoms with van der Waals surface area (Å²) in [6, 6.07) is 3.50. The standard InChI is InChI=1S/C25H26N2O5/c1-30-21-12-15(13-22(31-2)24(21)32-3)8-11-23(28)26-16-9-10-18-17-6-4-5-7-19(17)25(29)27-20(18)14-16/h8-14,18H,4-7H2,1-3H3,(H,27,29)/b11-8+,26-16?. The highest BCUT2D eigenvalue weighted by atomic mass is 16.5. The number of benzene rings is 1. The Morgan fingerprint density at radius 1 is 1.09 bits per heavy atom. The van der Waals surface area contributed by atoms with Crippen LogP contribution in [0.15, 0.2) is 58.3 Å². The first-order chi connectivity index (χ1) is 15.5. The van der Waals surface area contributed by atoms with Gasteiger partial charge in [0, 0.05) is 23.3 Å². The van der Waals surface area contributed by atoms with Gasteiger partial charge in [-0.05, 0) is 67.2 Å². The quantitative estimate of drug-likeness (QED) is 0.713. The van der Waals surface area contributed by atoms with Crippen molar-refractivity contribution in [3.8, 4) is 17.2 Å². The van der Waals surface area contributed by atoms with Gasteiger partial charge >= 0.3 is 0 Å². The molecule has 1 aliphatic heterocycles. The fraction of sp³-hybridized carbons (Fsp3) is 0.320. The van der Waals surface area contributed by atoms with Crippen molar-refractivity contribution < 1.29 is 23.8 Å². The van der Waals surface area contributed by atoms with E-state index >= 15 is 0 Å². The van der Waals surface area contributed by atoms with Gasteiger partial charge in [-0.2, -0.15) is 0 Å². The van der Waals surface area contributed by atoms with Crippen LogP contribution < -0.4 is 19.5 Å². The number of aliphatic imine (C=N–C) groups is 1. The molecule has 32 heavy (non-hydrogen) atoms. The molecule has 166 valence electrons. The average Bonchev–Trinajstić information content (AvgIpc) is 2.82. The number of fused-ring (bicyclic) bond motifs is 2. The van der Waals surface area contributed by atoms with Crippen LogP contribution >= 0.6 is 0 Å². The van der Waals surface area contributed by atoms with Gasteiger partial charge in [-0.15, -0.1) is 0 Å². The molecule has 1 heterocycles. The number of nitrogens with one attached hydrogen (secondary N) is 1. The lowest BCUT2D eigenvalue weighted by Gasteiger charge is -2.33. The van der Waals surface area contributed by atoms with E-state index in [1.807, 2.05) is 12.2 Å². The van der Waals surface area contributed by atoms with Crippen molar-refractivity contribution in [3.05, 3.63) is 58.8 Å². The molecule has 3 aliphatic rings. The summed E-state index contributed by atoms with van der Waals surface area (Å²) < 4.78 is 16.0. The van der Waals surface area contributed by atoms with E-state index in [0.717, 1.165) is 37.0 Å². The Bertz CT molecular complexity index is 1080. The number of hydrogen-bond donors (Lipinski definition) is 1. The number of nitrogens with zero attached hydrogens (tertiary/aromatic N) is 1. The van der Waals surface area contributed by atoms with Gasteiger partial charge in [-0.25, -0.2) is 4.99 Å². The predicted octanol–water partition coefficient (Wildman–Crippen LogP) is 3.76. The van der Waals surface area contributed by atoms with E-state index in [0.29, 0.717) is 28.5 Å². The third-order valence-electron chi connectivity index (χ3n) is 5.86. The number of carbonyl (C=O) groups excluding carboxylic acids is 2. The largest absolute Gasteiger partial charge is 0.493 e. The molecular formula is C25H26N2O5.